The highest BCUT2D eigenvalue weighted by Crippen LogP contribution is 2.20. The van der Waals surface area contributed by atoms with Gasteiger partial charge in [-0.3, -0.25) is 4.79 Å². The standard InChI is InChI=1S/C13H21BrN2O2/c1-8(2)16-7-10(14)6-11(16)12(18)15-13(4,5)9(3)17/h6-9,17H,1-5H3,(H,15,18). The van der Waals surface area contributed by atoms with E-state index < -0.39 is 11.6 Å². The van der Waals surface area contributed by atoms with Gasteiger partial charge in [-0.1, -0.05) is 0 Å². The van der Waals surface area contributed by atoms with Crippen LogP contribution in [0.4, 0.5) is 0 Å². The Morgan fingerprint density at radius 3 is 2.44 bits per heavy atom. The van der Waals surface area contributed by atoms with Crippen LogP contribution in [0.5, 0.6) is 0 Å². The number of carbonyl (C=O) groups excluding carboxylic acids is 1. The number of aliphatic hydroxyl groups excluding tert-OH is 1. The zero-order valence-electron chi connectivity index (χ0n) is 11.5. The highest BCUT2D eigenvalue weighted by Gasteiger charge is 2.28. The van der Waals surface area contributed by atoms with Gasteiger partial charge in [-0.2, -0.15) is 0 Å². The first-order chi connectivity index (χ1) is 8.15. The average Bonchev–Trinajstić information content (AvgIpc) is 2.59. The van der Waals surface area contributed by atoms with Gasteiger partial charge in [-0.25, -0.2) is 0 Å². The van der Waals surface area contributed by atoms with E-state index >= 15 is 0 Å². The summed E-state index contributed by atoms with van der Waals surface area (Å²) < 4.78 is 2.77. The molecule has 1 heterocycles. The number of carbonyl (C=O) groups is 1. The molecule has 0 radical (unpaired) electrons. The van der Waals surface area contributed by atoms with Crippen molar-refractivity contribution in [3.05, 3.63) is 22.4 Å². The van der Waals surface area contributed by atoms with Gasteiger partial charge in [-0.15, -0.1) is 0 Å². The molecule has 18 heavy (non-hydrogen) atoms. The van der Waals surface area contributed by atoms with E-state index in [2.05, 4.69) is 21.2 Å². The maximum atomic E-state index is 12.2. The van der Waals surface area contributed by atoms with E-state index in [-0.39, 0.29) is 11.9 Å². The Hall–Kier alpha value is -0.810. The summed E-state index contributed by atoms with van der Waals surface area (Å²) in [6.45, 7) is 9.30. The van der Waals surface area contributed by atoms with Gasteiger partial charge >= 0.3 is 0 Å². The van der Waals surface area contributed by atoms with Crippen LogP contribution >= 0.6 is 15.9 Å². The molecule has 1 amide bonds. The van der Waals surface area contributed by atoms with Gasteiger partial charge < -0.3 is 15.0 Å². The molecular weight excluding hydrogens is 296 g/mol. The Morgan fingerprint density at radius 2 is 2.00 bits per heavy atom. The second-order valence-corrected chi connectivity index (χ2v) is 6.31. The van der Waals surface area contributed by atoms with Crippen LogP contribution in [0.2, 0.25) is 0 Å². The van der Waals surface area contributed by atoms with Crippen LogP contribution in [0, 0.1) is 0 Å². The zero-order chi connectivity index (χ0) is 14.1. The van der Waals surface area contributed by atoms with Crippen molar-refractivity contribution in [3.63, 3.8) is 0 Å². The number of aromatic nitrogens is 1. The summed E-state index contributed by atoms with van der Waals surface area (Å²) in [5, 5.41) is 12.5. The lowest BCUT2D eigenvalue weighted by molar-refractivity contribution is 0.0701. The fraction of sp³-hybridized carbons (Fsp3) is 0.615. The minimum absolute atomic E-state index is 0.180. The van der Waals surface area contributed by atoms with Crippen molar-refractivity contribution >= 4 is 21.8 Å². The van der Waals surface area contributed by atoms with Crippen molar-refractivity contribution in [2.24, 2.45) is 0 Å². The third kappa shape index (κ3) is 3.36. The molecule has 4 nitrogen and oxygen atoms in total. The molecule has 1 aromatic rings. The lowest BCUT2D eigenvalue weighted by atomic mass is 9.98. The fourth-order valence-electron chi connectivity index (χ4n) is 1.52. The van der Waals surface area contributed by atoms with E-state index in [1.807, 2.05) is 24.6 Å². The van der Waals surface area contributed by atoms with Crippen LogP contribution in [-0.4, -0.2) is 27.2 Å². The first-order valence-electron chi connectivity index (χ1n) is 6.03. The van der Waals surface area contributed by atoms with Gasteiger partial charge in [0.1, 0.15) is 5.69 Å². The molecule has 0 spiro atoms. The van der Waals surface area contributed by atoms with Gasteiger partial charge in [-0.05, 0) is 56.6 Å². The van der Waals surface area contributed by atoms with Crippen LogP contribution in [0.25, 0.3) is 0 Å². The minimum atomic E-state index is -0.657. The predicted molar refractivity (Wildman–Crippen MR) is 75.7 cm³/mol. The molecule has 102 valence electrons. The molecule has 1 unspecified atom stereocenters. The van der Waals surface area contributed by atoms with Crippen molar-refractivity contribution < 1.29 is 9.90 Å². The minimum Gasteiger partial charge on any atom is -0.391 e. The Labute approximate surface area is 117 Å². The summed E-state index contributed by atoms with van der Waals surface area (Å²) in [7, 11) is 0. The first kappa shape index (κ1) is 15.2. The van der Waals surface area contributed by atoms with E-state index in [4.69, 9.17) is 0 Å². The van der Waals surface area contributed by atoms with Crippen LogP contribution < -0.4 is 5.32 Å². The smallest absolute Gasteiger partial charge is 0.268 e. The molecule has 0 aliphatic rings. The summed E-state index contributed by atoms with van der Waals surface area (Å²) >= 11 is 3.38. The molecule has 0 aliphatic heterocycles. The third-order valence-electron chi connectivity index (χ3n) is 3.08. The quantitative estimate of drug-likeness (QED) is 0.897. The number of hydrogen-bond donors (Lipinski definition) is 2. The monoisotopic (exact) mass is 316 g/mol. The predicted octanol–water partition coefficient (Wildman–Crippen LogP) is 2.72. The molecule has 1 atom stereocenters. The molecule has 0 aromatic carbocycles. The van der Waals surface area contributed by atoms with Crippen LogP contribution in [0.1, 0.15) is 51.1 Å². The summed E-state index contributed by atoms with van der Waals surface area (Å²) in [4.78, 5) is 12.2. The van der Waals surface area contributed by atoms with Crippen molar-refractivity contribution in [3.8, 4) is 0 Å². The molecule has 0 saturated heterocycles. The number of aliphatic hydroxyl groups is 1. The molecule has 2 N–H and O–H groups in total. The number of nitrogens with zero attached hydrogens (tertiary/aromatic N) is 1. The van der Waals surface area contributed by atoms with Crippen molar-refractivity contribution in [2.45, 2.75) is 52.3 Å². The van der Waals surface area contributed by atoms with Crippen molar-refractivity contribution in [1.29, 1.82) is 0 Å². The van der Waals surface area contributed by atoms with Crippen molar-refractivity contribution in [1.82, 2.24) is 9.88 Å². The summed E-state index contributed by atoms with van der Waals surface area (Å²) in [6.07, 6.45) is 1.27. The molecule has 5 heteroatoms. The van der Waals surface area contributed by atoms with Gasteiger partial charge in [0.05, 0.1) is 11.6 Å². The van der Waals surface area contributed by atoms with Gasteiger partial charge in [0.2, 0.25) is 0 Å². The molecule has 0 fully saturated rings. The third-order valence-corrected chi connectivity index (χ3v) is 3.52. The first-order valence-corrected chi connectivity index (χ1v) is 6.82. The Bertz CT molecular complexity index is 436. The number of rotatable bonds is 4. The molecule has 0 bridgehead atoms. The van der Waals surface area contributed by atoms with Gasteiger partial charge in [0, 0.05) is 16.7 Å². The molecule has 0 aliphatic carbocycles. The highest BCUT2D eigenvalue weighted by molar-refractivity contribution is 9.10. The van der Waals surface area contributed by atoms with Crippen LogP contribution in [0.15, 0.2) is 16.7 Å². The maximum Gasteiger partial charge on any atom is 0.268 e. The molecule has 0 saturated carbocycles. The average molecular weight is 317 g/mol. The number of amides is 1. The molecule has 1 aromatic heterocycles. The second-order valence-electron chi connectivity index (χ2n) is 5.40. The van der Waals surface area contributed by atoms with E-state index in [0.717, 1.165) is 4.47 Å². The normalized spacial score (nSPS) is 13.8. The Balaban J connectivity index is 2.98. The summed E-state index contributed by atoms with van der Waals surface area (Å²) in [5.41, 5.74) is -0.0686. The van der Waals surface area contributed by atoms with E-state index in [9.17, 15) is 9.90 Å². The fourth-order valence-corrected chi connectivity index (χ4v) is 1.95. The second kappa shape index (κ2) is 5.45. The molecular formula is C13H21BrN2O2. The number of hydrogen-bond acceptors (Lipinski definition) is 2. The van der Waals surface area contributed by atoms with E-state index in [0.29, 0.717) is 5.69 Å². The zero-order valence-corrected chi connectivity index (χ0v) is 13.1. The lowest BCUT2D eigenvalue weighted by Gasteiger charge is -2.29. The Kier molecular flexibility index (Phi) is 4.61. The van der Waals surface area contributed by atoms with Crippen LogP contribution in [0.3, 0.4) is 0 Å². The lowest BCUT2D eigenvalue weighted by Crippen LogP contribution is -2.51. The molecule has 1 rings (SSSR count). The van der Waals surface area contributed by atoms with Gasteiger partial charge in [0.25, 0.3) is 5.91 Å². The Morgan fingerprint density at radius 1 is 1.44 bits per heavy atom. The van der Waals surface area contributed by atoms with E-state index in [1.165, 1.54) is 0 Å². The highest BCUT2D eigenvalue weighted by atomic mass is 79.9. The van der Waals surface area contributed by atoms with E-state index in [1.54, 1.807) is 26.8 Å². The maximum absolute atomic E-state index is 12.2. The SMILES string of the molecule is CC(C)n1cc(Br)cc1C(=O)NC(C)(C)C(C)O. The number of nitrogens with one attached hydrogen (secondary N) is 1. The number of halogens is 1. The topological polar surface area (TPSA) is 54.3 Å². The van der Waals surface area contributed by atoms with Crippen LogP contribution in [-0.2, 0) is 0 Å². The summed E-state index contributed by atoms with van der Waals surface area (Å²) in [5.74, 6) is -0.180. The van der Waals surface area contributed by atoms with Gasteiger partial charge in [0.15, 0.2) is 0 Å². The largest absolute Gasteiger partial charge is 0.391 e. The van der Waals surface area contributed by atoms with Crippen molar-refractivity contribution in [2.75, 3.05) is 0 Å². The summed E-state index contributed by atoms with van der Waals surface area (Å²) in [6, 6.07) is 1.99.